The number of rotatable bonds is 5. The van der Waals surface area contributed by atoms with Gasteiger partial charge < -0.3 is 5.32 Å². The Morgan fingerprint density at radius 3 is 2.56 bits per heavy atom. The Labute approximate surface area is 107 Å². The van der Waals surface area contributed by atoms with E-state index in [0.717, 1.165) is 18.5 Å². The lowest BCUT2D eigenvalue weighted by molar-refractivity contribution is 0.583. The molecule has 2 nitrogen and oxygen atoms in total. The van der Waals surface area contributed by atoms with Crippen molar-refractivity contribution in [3.05, 3.63) is 60.2 Å². The summed E-state index contributed by atoms with van der Waals surface area (Å²) in [6, 6.07) is 13.8. The van der Waals surface area contributed by atoms with E-state index in [1.807, 2.05) is 18.2 Å². The molecule has 0 bridgehead atoms. The number of anilines is 1. The van der Waals surface area contributed by atoms with Gasteiger partial charge in [-0.3, -0.25) is 0 Å². The summed E-state index contributed by atoms with van der Waals surface area (Å²) >= 11 is 0. The van der Waals surface area contributed by atoms with Gasteiger partial charge in [-0.05, 0) is 30.5 Å². The monoisotopic (exact) mass is 244 g/mol. The van der Waals surface area contributed by atoms with Crippen LogP contribution < -0.4 is 5.32 Å². The van der Waals surface area contributed by atoms with E-state index in [1.54, 1.807) is 6.07 Å². The number of nitrogens with zero attached hydrogens (tertiary/aromatic N) is 1. The van der Waals surface area contributed by atoms with Crippen molar-refractivity contribution in [3.63, 3.8) is 0 Å². The highest BCUT2D eigenvalue weighted by molar-refractivity contribution is 5.41. The van der Waals surface area contributed by atoms with E-state index >= 15 is 0 Å². The van der Waals surface area contributed by atoms with Crippen LogP contribution in [0.5, 0.6) is 0 Å². The van der Waals surface area contributed by atoms with Gasteiger partial charge in [-0.25, -0.2) is 4.98 Å². The molecule has 1 aromatic heterocycles. The van der Waals surface area contributed by atoms with Gasteiger partial charge in [0.25, 0.3) is 0 Å². The summed E-state index contributed by atoms with van der Waals surface area (Å²) in [7, 11) is 0. The van der Waals surface area contributed by atoms with Crippen molar-refractivity contribution in [1.82, 2.24) is 4.98 Å². The van der Waals surface area contributed by atoms with E-state index < -0.39 is 5.95 Å². The smallest absolute Gasteiger partial charge is 0.212 e. The molecule has 2 aromatic rings. The van der Waals surface area contributed by atoms with Crippen molar-refractivity contribution in [2.45, 2.75) is 25.8 Å². The Kier molecular flexibility index (Phi) is 4.29. The molecular weight excluding hydrogens is 227 g/mol. The summed E-state index contributed by atoms with van der Waals surface area (Å²) < 4.78 is 12.7. The fraction of sp³-hybridized carbons (Fsp3) is 0.267. The van der Waals surface area contributed by atoms with Gasteiger partial charge in [-0.15, -0.1) is 0 Å². The molecular formula is C15H17FN2. The fourth-order valence-corrected chi connectivity index (χ4v) is 1.89. The lowest BCUT2D eigenvalue weighted by Gasteiger charge is -2.18. The first-order valence-electron chi connectivity index (χ1n) is 6.20. The second-order valence-electron chi connectivity index (χ2n) is 4.31. The van der Waals surface area contributed by atoms with Gasteiger partial charge in [0, 0.05) is 6.04 Å². The number of benzene rings is 1. The Bertz CT molecular complexity index is 468. The number of hydrogen-bond acceptors (Lipinski definition) is 2. The largest absolute Gasteiger partial charge is 0.381 e. The first-order chi connectivity index (χ1) is 8.78. The summed E-state index contributed by atoms with van der Waals surface area (Å²) in [4.78, 5) is 3.64. The normalized spacial score (nSPS) is 12.1. The standard InChI is InChI=1S/C15H17FN2/c1-2-13(10-12-6-4-3-5-7-12)18-14-8-9-15(16)17-11-14/h3-9,11,13,18H,2,10H2,1H3. The highest BCUT2D eigenvalue weighted by atomic mass is 19.1. The van der Waals surface area contributed by atoms with Crippen molar-refractivity contribution < 1.29 is 4.39 Å². The van der Waals surface area contributed by atoms with Gasteiger partial charge in [0.15, 0.2) is 0 Å². The molecule has 0 saturated heterocycles. The number of hydrogen-bond donors (Lipinski definition) is 1. The van der Waals surface area contributed by atoms with E-state index in [4.69, 9.17) is 0 Å². The molecule has 0 radical (unpaired) electrons. The summed E-state index contributed by atoms with van der Waals surface area (Å²) in [5.41, 5.74) is 2.16. The molecule has 3 heteroatoms. The van der Waals surface area contributed by atoms with Crippen LogP contribution in [0, 0.1) is 5.95 Å². The summed E-state index contributed by atoms with van der Waals surface area (Å²) in [6.07, 6.45) is 3.49. The molecule has 1 N–H and O–H groups in total. The van der Waals surface area contributed by atoms with Crippen LogP contribution in [-0.2, 0) is 6.42 Å². The van der Waals surface area contributed by atoms with E-state index in [1.165, 1.54) is 17.8 Å². The van der Waals surface area contributed by atoms with E-state index in [-0.39, 0.29) is 0 Å². The molecule has 0 spiro atoms. The predicted molar refractivity (Wildman–Crippen MR) is 72.0 cm³/mol. The molecule has 0 saturated carbocycles. The first kappa shape index (κ1) is 12.6. The van der Waals surface area contributed by atoms with Crippen LogP contribution in [0.4, 0.5) is 10.1 Å². The van der Waals surface area contributed by atoms with E-state index in [0.29, 0.717) is 6.04 Å². The first-order valence-corrected chi connectivity index (χ1v) is 6.20. The Hall–Kier alpha value is -1.90. The summed E-state index contributed by atoms with van der Waals surface area (Å²) in [6.45, 7) is 2.14. The third kappa shape index (κ3) is 3.55. The third-order valence-corrected chi connectivity index (χ3v) is 2.92. The molecule has 94 valence electrons. The van der Waals surface area contributed by atoms with Crippen molar-refractivity contribution in [2.24, 2.45) is 0 Å². The van der Waals surface area contributed by atoms with Crippen LogP contribution in [0.3, 0.4) is 0 Å². The average Bonchev–Trinajstić information content (AvgIpc) is 2.41. The Morgan fingerprint density at radius 2 is 1.94 bits per heavy atom. The van der Waals surface area contributed by atoms with E-state index in [2.05, 4.69) is 29.4 Å². The van der Waals surface area contributed by atoms with Gasteiger partial charge >= 0.3 is 0 Å². The van der Waals surface area contributed by atoms with Crippen molar-refractivity contribution >= 4 is 5.69 Å². The summed E-state index contributed by atoms with van der Waals surface area (Å²) in [5, 5.41) is 3.38. The zero-order valence-corrected chi connectivity index (χ0v) is 10.4. The molecule has 0 aliphatic rings. The van der Waals surface area contributed by atoms with Gasteiger partial charge in [0.2, 0.25) is 5.95 Å². The second kappa shape index (κ2) is 6.15. The van der Waals surface area contributed by atoms with Gasteiger partial charge in [-0.1, -0.05) is 37.3 Å². The highest BCUT2D eigenvalue weighted by Gasteiger charge is 2.07. The topological polar surface area (TPSA) is 24.9 Å². The average molecular weight is 244 g/mol. The van der Waals surface area contributed by atoms with Gasteiger partial charge in [0.1, 0.15) is 0 Å². The molecule has 2 rings (SSSR count). The minimum Gasteiger partial charge on any atom is -0.381 e. The van der Waals surface area contributed by atoms with Gasteiger partial charge in [0.05, 0.1) is 11.9 Å². The molecule has 1 heterocycles. The molecule has 0 amide bonds. The molecule has 0 aliphatic heterocycles. The fourth-order valence-electron chi connectivity index (χ4n) is 1.89. The van der Waals surface area contributed by atoms with Crippen LogP contribution in [0.2, 0.25) is 0 Å². The minimum absolute atomic E-state index is 0.333. The SMILES string of the molecule is CCC(Cc1ccccc1)Nc1ccc(F)nc1. The predicted octanol–water partition coefficient (Wildman–Crippen LogP) is 3.65. The maximum absolute atomic E-state index is 12.7. The zero-order chi connectivity index (χ0) is 12.8. The maximum atomic E-state index is 12.7. The maximum Gasteiger partial charge on any atom is 0.212 e. The molecule has 18 heavy (non-hydrogen) atoms. The van der Waals surface area contributed by atoms with Crippen molar-refractivity contribution in [1.29, 1.82) is 0 Å². The lowest BCUT2D eigenvalue weighted by Crippen LogP contribution is -2.21. The number of aromatic nitrogens is 1. The van der Waals surface area contributed by atoms with Crippen LogP contribution in [0.1, 0.15) is 18.9 Å². The zero-order valence-electron chi connectivity index (χ0n) is 10.4. The Balaban J connectivity index is 1.99. The minimum atomic E-state index is -0.448. The van der Waals surface area contributed by atoms with Crippen LogP contribution in [0.15, 0.2) is 48.7 Å². The van der Waals surface area contributed by atoms with Crippen molar-refractivity contribution in [3.8, 4) is 0 Å². The molecule has 1 unspecified atom stereocenters. The van der Waals surface area contributed by atoms with Crippen LogP contribution in [-0.4, -0.2) is 11.0 Å². The second-order valence-corrected chi connectivity index (χ2v) is 4.31. The lowest BCUT2D eigenvalue weighted by atomic mass is 10.0. The van der Waals surface area contributed by atoms with E-state index in [9.17, 15) is 4.39 Å². The van der Waals surface area contributed by atoms with Gasteiger partial charge in [-0.2, -0.15) is 4.39 Å². The van der Waals surface area contributed by atoms with Crippen LogP contribution in [0.25, 0.3) is 0 Å². The molecule has 1 aromatic carbocycles. The summed E-state index contributed by atoms with van der Waals surface area (Å²) in [5.74, 6) is -0.448. The number of halogens is 1. The van der Waals surface area contributed by atoms with Crippen LogP contribution >= 0.6 is 0 Å². The number of nitrogens with one attached hydrogen (secondary N) is 1. The third-order valence-electron chi connectivity index (χ3n) is 2.92. The highest BCUT2D eigenvalue weighted by Crippen LogP contribution is 2.12. The molecule has 1 atom stereocenters. The quantitative estimate of drug-likeness (QED) is 0.812. The molecule has 0 aliphatic carbocycles. The Morgan fingerprint density at radius 1 is 1.17 bits per heavy atom. The van der Waals surface area contributed by atoms with Crippen molar-refractivity contribution in [2.75, 3.05) is 5.32 Å². The number of pyridine rings is 1. The molecule has 0 fully saturated rings.